The lowest BCUT2D eigenvalue weighted by Gasteiger charge is -2.09. The minimum Gasteiger partial charge on any atom is -0.476 e. The number of nitrogens with zero attached hydrogens (tertiary/aromatic N) is 3. The van der Waals surface area contributed by atoms with Crippen molar-refractivity contribution in [3.05, 3.63) is 11.4 Å². The fourth-order valence-electron chi connectivity index (χ4n) is 1.50. The van der Waals surface area contributed by atoms with Gasteiger partial charge < -0.3 is 5.11 Å². The summed E-state index contributed by atoms with van der Waals surface area (Å²) in [5.41, 5.74) is 0.792. The Morgan fingerprint density at radius 2 is 2.25 bits per heavy atom. The monoisotopic (exact) mass is 243 g/mol. The topological polar surface area (TPSA) is 68.0 Å². The van der Waals surface area contributed by atoms with Crippen LogP contribution in [0.2, 0.25) is 0 Å². The highest BCUT2D eigenvalue weighted by Crippen LogP contribution is 2.18. The Bertz CT molecular complexity index is 363. The molecular formula is C10H17N3O2S. The Kier molecular flexibility index (Phi) is 4.79. The minimum absolute atomic E-state index is 0.0801. The van der Waals surface area contributed by atoms with E-state index in [0.717, 1.165) is 11.5 Å². The van der Waals surface area contributed by atoms with Gasteiger partial charge in [-0.3, -0.25) is 0 Å². The van der Waals surface area contributed by atoms with Crippen LogP contribution in [0.3, 0.4) is 0 Å². The highest BCUT2D eigenvalue weighted by atomic mass is 32.2. The molecule has 0 saturated heterocycles. The van der Waals surface area contributed by atoms with Crippen LogP contribution in [0.5, 0.6) is 0 Å². The maximum Gasteiger partial charge on any atom is 0.358 e. The van der Waals surface area contributed by atoms with E-state index in [1.54, 1.807) is 16.4 Å². The van der Waals surface area contributed by atoms with E-state index in [0.29, 0.717) is 12.2 Å². The number of rotatable bonds is 6. The van der Waals surface area contributed by atoms with Crippen LogP contribution in [0.25, 0.3) is 0 Å². The van der Waals surface area contributed by atoms with E-state index in [1.807, 2.05) is 13.8 Å². The fourth-order valence-corrected chi connectivity index (χ4v) is 2.10. The molecule has 0 atom stereocenters. The summed E-state index contributed by atoms with van der Waals surface area (Å²) >= 11 is 1.80. The molecule has 1 N–H and O–H groups in total. The Morgan fingerprint density at radius 3 is 2.75 bits per heavy atom. The van der Waals surface area contributed by atoms with E-state index in [1.165, 1.54) is 0 Å². The first kappa shape index (κ1) is 13.0. The maximum atomic E-state index is 10.9. The van der Waals surface area contributed by atoms with Crippen LogP contribution in [0.15, 0.2) is 0 Å². The number of aryl methyl sites for hydroxylation is 1. The lowest BCUT2D eigenvalue weighted by molar-refractivity contribution is 0.0688. The van der Waals surface area contributed by atoms with Crippen LogP contribution in [0.4, 0.5) is 0 Å². The molecule has 1 aromatic heterocycles. The van der Waals surface area contributed by atoms with E-state index in [-0.39, 0.29) is 11.6 Å². The summed E-state index contributed by atoms with van der Waals surface area (Å²) in [6, 6.07) is 0. The molecule has 0 fully saturated rings. The number of hydrogen-bond acceptors (Lipinski definition) is 4. The van der Waals surface area contributed by atoms with Gasteiger partial charge in [0.25, 0.3) is 0 Å². The first-order valence-electron chi connectivity index (χ1n) is 5.32. The third-order valence-corrected chi connectivity index (χ3v) is 3.05. The van der Waals surface area contributed by atoms with Crippen molar-refractivity contribution in [2.24, 2.45) is 0 Å². The van der Waals surface area contributed by atoms with Gasteiger partial charge in [0, 0.05) is 5.75 Å². The van der Waals surface area contributed by atoms with Crippen molar-refractivity contribution < 1.29 is 9.90 Å². The molecule has 90 valence electrons. The summed E-state index contributed by atoms with van der Waals surface area (Å²) < 4.78 is 1.71. The third kappa shape index (κ3) is 2.98. The molecule has 1 aromatic rings. The zero-order valence-corrected chi connectivity index (χ0v) is 10.6. The second-order valence-electron chi connectivity index (χ2n) is 3.70. The van der Waals surface area contributed by atoms with E-state index < -0.39 is 5.97 Å². The average Bonchev–Trinajstić information content (AvgIpc) is 2.62. The van der Waals surface area contributed by atoms with Crippen molar-refractivity contribution in [2.45, 2.75) is 33.2 Å². The summed E-state index contributed by atoms with van der Waals surface area (Å²) in [7, 11) is 0. The molecule has 1 heterocycles. The van der Waals surface area contributed by atoms with E-state index in [9.17, 15) is 4.79 Å². The second-order valence-corrected chi connectivity index (χ2v) is 5.10. The van der Waals surface area contributed by atoms with Gasteiger partial charge in [0.05, 0.1) is 12.2 Å². The van der Waals surface area contributed by atoms with Gasteiger partial charge >= 0.3 is 5.97 Å². The molecular weight excluding hydrogens is 226 g/mol. The molecule has 0 radical (unpaired) electrons. The molecule has 0 aliphatic heterocycles. The Labute approximate surface area is 99.2 Å². The number of hydrogen-bond donors (Lipinski definition) is 1. The summed E-state index contributed by atoms with van der Waals surface area (Å²) in [6.45, 7) is 6.72. The molecule has 0 aliphatic carbocycles. The van der Waals surface area contributed by atoms with Crippen molar-refractivity contribution in [3.8, 4) is 0 Å². The molecule has 0 unspecified atom stereocenters. The van der Waals surface area contributed by atoms with E-state index >= 15 is 0 Å². The first-order valence-corrected chi connectivity index (χ1v) is 6.47. The Morgan fingerprint density at radius 1 is 1.56 bits per heavy atom. The highest BCUT2D eigenvalue weighted by molar-refractivity contribution is 7.99. The zero-order valence-electron chi connectivity index (χ0n) is 9.80. The van der Waals surface area contributed by atoms with E-state index in [2.05, 4.69) is 17.2 Å². The largest absolute Gasteiger partial charge is 0.476 e. The van der Waals surface area contributed by atoms with Crippen LogP contribution in [0, 0.1) is 0 Å². The number of aromatic nitrogens is 3. The van der Waals surface area contributed by atoms with Crippen molar-refractivity contribution in [1.29, 1.82) is 0 Å². The van der Waals surface area contributed by atoms with Gasteiger partial charge in [0.2, 0.25) is 0 Å². The summed E-state index contributed by atoms with van der Waals surface area (Å²) in [5.74, 6) is 1.10. The van der Waals surface area contributed by atoms with Gasteiger partial charge in [-0.1, -0.05) is 26.0 Å². The fraction of sp³-hybridized carbons (Fsp3) is 0.700. The zero-order chi connectivity index (χ0) is 12.1. The van der Waals surface area contributed by atoms with Crippen molar-refractivity contribution in [1.82, 2.24) is 15.0 Å². The average molecular weight is 243 g/mol. The number of aromatic carboxylic acids is 1. The number of carboxylic acid groups (broad SMARTS) is 1. The Balaban J connectivity index is 2.87. The summed E-state index contributed by atoms with van der Waals surface area (Å²) in [4.78, 5) is 10.9. The number of carbonyl (C=O) groups is 1. The van der Waals surface area contributed by atoms with Gasteiger partial charge in [0.15, 0.2) is 5.69 Å². The molecule has 0 saturated carbocycles. The molecule has 0 aromatic carbocycles. The molecule has 0 bridgehead atoms. The second kappa shape index (κ2) is 5.89. The summed E-state index contributed by atoms with van der Waals surface area (Å²) in [6.07, 6.45) is 0. The van der Waals surface area contributed by atoms with Gasteiger partial charge in [0.1, 0.15) is 0 Å². The summed E-state index contributed by atoms with van der Waals surface area (Å²) in [5, 5.41) is 16.6. The predicted octanol–water partition coefficient (Wildman–Crippen LogP) is 1.85. The van der Waals surface area contributed by atoms with Crippen LogP contribution >= 0.6 is 11.8 Å². The lowest BCUT2D eigenvalue weighted by atomic mass is 10.1. The normalized spacial score (nSPS) is 11.0. The van der Waals surface area contributed by atoms with Crippen LogP contribution < -0.4 is 0 Å². The number of thioether (sulfide) groups is 1. The van der Waals surface area contributed by atoms with Crippen LogP contribution in [0.1, 0.15) is 42.9 Å². The van der Waals surface area contributed by atoms with Crippen molar-refractivity contribution in [3.63, 3.8) is 0 Å². The van der Waals surface area contributed by atoms with Gasteiger partial charge in [-0.25, -0.2) is 9.48 Å². The number of carboxylic acids is 1. The standard InChI is InChI=1S/C10H17N3O2S/c1-4-16-6-5-13-9(7(2)3)8(10(14)15)11-12-13/h7H,4-6H2,1-3H3,(H,14,15). The van der Waals surface area contributed by atoms with E-state index in [4.69, 9.17) is 5.11 Å². The SMILES string of the molecule is CCSCCn1nnc(C(=O)O)c1C(C)C. The molecule has 0 spiro atoms. The lowest BCUT2D eigenvalue weighted by Crippen LogP contribution is -2.11. The highest BCUT2D eigenvalue weighted by Gasteiger charge is 2.20. The maximum absolute atomic E-state index is 10.9. The van der Waals surface area contributed by atoms with Crippen LogP contribution in [-0.4, -0.2) is 37.6 Å². The van der Waals surface area contributed by atoms with Gasteiger partial charge in [-0.15, -0.1) is 5.10 Å². The Hall–Kier alpha value is -1.04. The van der Waals surface area contributed by atoms with Gasteiger partial charge in [-0.05, 0) is 11.7 Å². The quantitative estimate of drug-likeness (QED) is 0.772. The van der Waals surface area contributed by atoms with Crippen molar-refractivity contribution in [2.75, 3.05) is 11.5 Å². The van der Waals surface area contributed by atoms with Crippen molar-refractivity contribution >= 4 is 17.7 Å². The molecule has 1 rings (SSSR count). The molecule has 0 aliphatic rings. The third-order valence-electron chi connectivity index (χ3n) is 2.17. The molecule has 5 nitrogen and oxygen atoms in total. The van der Waals surface area contributed by atoms with Crippen LogP contribution in [-0.2, 0) is 6.54 Å². The minimum atomic E-state index is -1.00. The first-order chi connectivity index (χ1) is 7.57. The smallest absolute Gasteiger partial charge is 0.358 e. The predicted molar refractivity (Wildman–Crippen MR) is 64.1 cm³/mol. The molecule has 16 heavy (non-hydrogen) atoms. The van der Waals surface area contributed by atoms with Gasteiger partial charge in [-0.2, -0.15) is 11.8 Å². The molecule has 0 amide bonds. The molecule has 6 heteroatoms.